The summed E-state index contributed by atoms with van der Waals surface area (Å²) >= 11 is 13.2. The molecule has 1 aliphatic rings. The van der Waals surface area contributed by atoms with E-state index in [0.29, 0.717) is 32.9 Å². The van der Waals surface area contributed by atoms with Gasteiger partial charge >= 0.3 is 0 Å². The van der Waals surface area contributed by atoms with Crippen LogP contribution in [0.1, 0.15) is 18.1 Å². The first kappa shape index (κ1) is 19.5. The van der Waals surface area contributed by atoms with Crippen LogP contribution in [0, 0.1) is 0 Å². The standard InChI is InChI=1S/C19H14Cl2N2O3S/c1-11(24)22-19-23-18(25)17(27-19)9-13-8-15(21)5-6-16(13)26-10-12-3-2-4-14(20)7-12/h2-9H,10H2,1H3,(H,22,23,24,25)/b17-9-. The van der Waals surface area contributed by atoms with Crippen molar-refractivity contribution < 1.29 is 14.3 Å². The molecule has 3 rings (SSSR count). The number of nitrogens with one attached hydrogen (secondary N) is 1. The Bertz CT molecular complexity index is 973. The van der Waals surface area contributed by atoms with Crippen LogP contribution < -0.4 is 10.1 Å². The zero-order valence-corrected chi connectivity index (χ0v) is 16.5. The molecular weight excluding hydrogens is 407 g/mol. The van der Waals surface area contributed by atoms with Gasteiger partial charge < -0.3 is 10.1 Å². The maximum absolute atomic E-state index is 12.1. The number of amides is 2. The van der Waals surface area contributed by atoms with E-state index >= 15 is 0 Å². The fourth-order valence-corrected chi connectivity index (χ4v) is 3.55. The second-order valence-electron chi connectivity index (χ2n) is 5.61. The summed E-state index contributed by atoms with van der Waals surface area (Å²) in [4.78, 5) is 27.4. The van der Waals surface area contributed by atoms with Gasteiger partial charge in [-0.05, 0) is 53.7 Å². The normalized spacial score (nSPS) is 15.0. The largest absolute Gasteiger partial charge is 0.488 e. The lowest BCUT2D eigenvalue weighted by Gasteiger charge is -2.10. The molecule has 2 aromatic carbocycles. The first-order valence-electron chi connectivity index (χ1n) is 7.87. The number of hydrogen-bond donors (Lipinski definition) is 1. The highest BCUT2D eigenvalue weighted by Gasteiger charge is 2.23. The molecule has 0 atom stereocenters. The summed E-state index contributed by atoms with van der Waals surface area (Å²) in [7, 11) is 0. The van der Waals surface area contributed by atoms with Crippen molar-refractivity contribution in [1.29, 1.82) is 0 Å². The summed E-state index contributed by atoms with van der Waals surface area (Å²) < 4.78 is 5.88. The van der Waals surface area contributed by atoms with Gasteiger partial charge in [-0.1, -0.05) is 35.3 Å². The van der Waals surface area contributed by atoms with Gasteiger partial charge in [-0.3, -0.25) is 9.59 Å². The van der Waals surface area contributed by atoms with Gasteiger partial charge in [-0.25, -0.2) is 0 Å². The van der Waals surface area contributed by atoms with Crippen molar-refractivity contribution in [2.24, 2.45) is 4.99 Å². The molecule has 5 nitrogen and oxygen atoms in total. The molecule has 0 bridgehead atoms. The number of amidine groups is 1. The molecule has 0 unspecified atom stereocenters. The monoisotopic (exact) mass is 420 g/mol. The minimum atomic E-state index is -0.426. The molecule has 0 spiro atoms. The number of aliphatic imine (C=N–C) groups is 1. The Balaban J connectivity index is 1.80. The van der Waals surface area contributed by atoms with Crippen LogP contribution in [0.5, 0.6) is 5.75 Å². The Kier molecular flexibility index (Phi) is 6.21. The quantitative estimate of drug-likeness (QED) is 0.729. The highest BCUT2D eigenvalue weighted by Crippen LogP contribution is 2.32. The van der Waals surface area contributed by atoms with Crippen LogP contribution >= 0.6 is 35.0 Å². The molecule has 2 aromatic rings. The van der Waals surface area contributed by atoms with Gasteiger partial charge in [0, 0.05) is 22.5 Å². The summed E-state index contributed by atoms with van der Waals surface area (Å²) in [5.74, 6) is -0.152. The Morgan fingerprint density at radius 3 is 2.74 bits per heavy atom. The molecule has 0 radical (unpaired) electrons. The number of hydrogen-bond acceptors (Lipinski definition) is 4. The SMILES string of the molecule is CC(=O)NC1=NC(=O)/C(=C/c2cc(Cl)ccc2OCc2cccc(Cl)c2)S1. The molecule has 0 fully saturated rings. The zero-order chi connectivity index (χ0) is 19.4. The van der Waals surface area contributed by atoms with Crippen LogP contribution in [0.4, 0.5) is 0 Å². The lowest BCUT2D eigenvalue weighted by Crippen LogP contribution is -2.23. The Morgan fingerprint density at radius 2 is 2.00 bits per heavy atom. The van der Waals surface area contributed by atoms with E-state index in [-0.39, 0.29) is 11.1 Å². The number of benzene rings is 2. The number of rotatable bonds is 4. The predicted molar refractivity (Wildman–Crippen MR) is 109 cm³/mol. The molecule has 0 aromatic heterocycles. The van der Waals surface area contributed by atoms with Crippen molar-refractivity contribution in [3.8, 4) is 5.75 Å². The number of nitrogens with zero attached hydrogens (tertiary/aromatic N) is 1. The van der Waals surface area contributed by atoms with E-state index in [4.69, 9.17) is 27.9 Å². The van der Waals surface area contributed by atoms with Crippen LogP contribution in [0.3, 0.4) is 0 Å². The lowest BCUT2D eigenvalue weighted by atomic mass is 10.1. The van der Waals surface area contributed by atoms with E-state index < -0.39 is 5.91 Å². The average Bonchev–Trinajstić information content (AvgIpc) is 2.92. The molecule has 1 heterocycles. The van der Waals surface area contributed by atoms with Gasteiger partial charge in [0.2, 0.25) is 5.91 Å². The van der Waals surface area contributed by atoms with Crippen molar-refractivity contribution in [1.82, 2.24) is 5.32 Å². The lowest BCUT2D eigenvalue weighted by molar-refractivity contribution is -0.117. The smallest absolute Gasteiger partial charge is 0.286 e. The number of thioether (sulfide) groups is 1. The molecule has 0 saturated heterocycles. The van der Waals surface area contributed by atoms with Gasteiger partial charge in [0.25, 0.3) is 5.91 Å². The number of carbonyl (C=O) groups is 2. The van der Waals surface area contributed by atoms with Gasteiger partial charge in [-0.15, -0.1) is 0 Å². The molecule has 2 amide bonds. The summed E-state index contributed by atoms with van der Waals surface area (Å²) in [6.45, 7) is 1.67. The molecule has 27 heavy (non-hydrogen) atoms. The summed E-state index contributed by atoms with van der Waals surface area (Å²) in [6.07, 6.45) is 1.64. The fraction of sp³-hybridized carbons (Fsp3) is 0.105. The number of ether oxygens (including phenoxy) is 1. The maximum Gasteiger partial charge on any atom is 0.286 e. The first-order valence-corrected chi connectivity index (χ1v) is 9.45. The Morgan fingerprint density at radius 1 is 1.22 bits per heavy atom. The van der Waals surface area contributed by atoms with Crippen molar-refractivity contribution in [3.63, 3.8) is 0 Å². The average molecular weight is 421 g/mol. The van der Waals surface area contributed by atoms with E-state index in [0.717, 1.165) is 17.3 Å². The van der Waals surface area contributed by atoms with Crippen LogP contribution in [-0.4, -0.2) is 17.0 Å². The summed E-state index contributed by atoms with van der Waals surface area (Å²) in [5.41, 5.74) is 1.55. The van der Waals surface area contributed by atoms with Crippen LogP contribution in [0.2, 0.25) is 10.0 Å². The van der Waals surface area contributed by atoms with Crippen molar-refractivity contribution in [2.75, 3.05) is 0 Å². The van der Waals surface area contributed by atoms with E-state index in [9.17, 15) is 9.59 Å². The summed E-state index contributed by atoms with van der Waals surface area (Å²) in [5, 5.41) is 3.90. The predicted octanol–water partition coefficient (Wildman–Crippen LogP) is 4.68. The molecule has 1 N–H and O–H groups in total. The van der Waals surface area contributed by atoms with Crippen LogP contribution in [0.15, 0.2) is 52.4 Å². The van der Waals surface area contributed by atoms with E-state index in [2.05, 4.69) is 10.3 Å². The minimum absolute atomic E-state index is 0.252. The molecule has 0 aliphatic carbocycles. The third kappa shape index (κ3) is 5.35. The molecule has 138 valence electrons. The van der Waals surface area contributed by atoms with Crippen LogP contribution in [-0.2, 0) is 16.2 Å². The third-order valence-electron chi connectivity index (χ3n) is 3.45. The van der Waals surface area contributed by atoms with Gasteiger partial charge in [0.05, 0.1) is 4.91 Å². The highest BCUT2D eigenvalue weighted by molar-refractivity contribution is 8.18. The van der Waals surface area contributed by atoms with Gasteiger partial charge in [0.15, 0.2) is 5.17 Å². The van der Waals surface area contributed by atoms with E-state index in [1.807, 2.05) is 18.2 Å². The molecular formula is C19H14Cl2N2O3S. The summed E-state index contributed by atoms with van der Waals surface area (Å²) in [6, 6.07) is 12.5. The van der Waals surface area contributed by atoms with E-state index in [1.165, 1.54) is 6.92 Å². The third-order valence-corrected chi connectivity index (χ3v) is 4.81. The molecule has 0 saturated carbocycles. The van der Waals surface area contributed by atoms with Crippen LogP contribution in [0.25, 0.3) is 6.08 Å². The Hall–Kier alpha value is -2.28. The second-order valence-corrected chi connectivity index (χ2v) is 7.52. The minimum Gasteiger partial charge on any atom is -0.488 e. The van der Waals surface area contributed by atoms with E-state index in [1.54, 1.807) is 30.3 Å². The topological polar surface area (TPSA) is 67.8 Å². The van der Waals surface area contributed by atoms with Gasteiger partial charge in [0.1, 0.15) is 12.4 Å². The van der Waals surface area contributed by atoms with Gasteiger partial charge in [-0.2, -0.15) is 4.99 Å². The number of carbonyl (C=O) groups excluding carboxylic acids is 2. The fourth-order valence-electron chi connectivity index (χ4n) is 2.31. The highest BCUT2D eigenvalue weighted by atomic mass is 35.5. The number of halogens is 2. The Labute approximate surface area is 170 Å². The van der Waals surface area contributed by atoms with Crippen molar-refractivity contribution in [3.05, 3.63) is 68.5 Å². The maximum atomic E-state index is 12.1. The molecule has 8 heteroatoms. The zero-order valence-electron chi connectivity index (χ0n) is 14.2. The van der Waals surface area contributed by atoms with Crippen molar-refractivity contribution >= 4 is 58.0 Å². The first-order chi connectivity index (χ1) is 12.9. The second kappa shape index (κ2) is 8.61. The van der Waals surface area contributed by atoms with Crippen molar-refractivity contribution in [2.45, 2.75) is 13.5 Å². The molecule has 1 aliphatic heterocycles.